The normalized spacial score (nSPS) is 10.4. The fourth-order valence-electron chi connectivity index (χ4n) is 1.71. The van der Waals surface area contributed by atoms with E-state index in [1.165, 1.54) is 0 Å². The minimum atomic E-state index is 0.548. The molecule has 100 valence electrons. The zero-order valence-corrected chi connectivity index (χ0v) is 11.7. The summed E-state index contributed by atoms with van der Waals surface area (Å²) in [4.78, 5) is 4.30. The number of nitrogens with one attached hydrogen (secondary N) is 1. The molecule has 0 aliphatic rings. The van der Waals surface area contributed by atoms with Gasteiger partial charge in [0.15, 0.2) is 0 Å². The molecular formula is C15H17ClN2O. The molecule has 0 saturated heterocycles. The maximum atomic E-state index is 5.92. The lowest BCUT2D eigenvalue weighted by molar-refractivity contribution is 0.107. The van der Waals surface area contributed by atoms with Crippen LogP contribution >= 0.6 is 11.6 Å². The van der Waals surface area contributed by atoms with Crippen LogP contribution in [0.15, 0.2) is 42.6 Å². The van der Waals surface area contributed by atoms with Crippen LogP contribution in [0.2, 0.25) is 5.02 Å². The van der Waals surface area contributed by atoms with Crippen LogP contribution in [0.25, 0.3) is 0 Å². The summed E-state index contributed by atoms with van der Waals surface area (Å²) < 4.78 is 5.64. The highest BCUT2D eigenvalue weighted by Gasteiger charge is 1.98. The summed E-state index contributed by atoms with van der Waals surface area (Å²) in [6.45, 7) is 4.02. The Hall–Kier alpha value is -1.58. The van der Waals surface area contributed by atoms with Gasteiger partial charge < -0.3 is 10.1 Å². The van der Waals surface area contributed by atoms with Gasteiger partial charge in [-0.15, -0.1) is 0 Å². The average Bonchev–Trinajstić information content (AvgIpc) is 2.41. The SMILES string of the molecule is CCNc1ccc(COCc2cccc(Cl)c2)cn1. The van der Waals surface area contributed by atoms with Crippen LogP contribution in [-0.2, 0) is 18.0 Å². The third kappa shape index (κ3) is 4.54. The maximum Gasteiger partial charge on any atom is 0.125 e. The second kappa shape index (κ2) is 7.12. The van der Waals surface area contributed by atoms with Crippen LogP contribution in [0.5, 0.6) is 0 Å². The van der Waals surface area contributed by atoms with E-state index in [-0.39, 0.29) is 0 Å². The van der Waals surface area contributed by atoms with Crippen LogP contribution in [-0.4, -0.2) is 11.5 Å². The molecule has 0 aliphatic heterocycles. The third-order valence-electron chi connectivity index (χ3n) is 2.61. The van der Waals surface area contributed by atoms with Crippen molar-refractivity contribution in [2.24, 2.45) is 0 Å². The van der Waals surface area contributed by atoms with Gasteiger partial charge in [0.1, 0.15) is 5.82 Å². The van der Waals surface area contributed by atoms with Gasteiger partial charge in [-0.2, -0.15) is 0 Å². The molecule has 1 aromatic heterocycles. The first-order valence-electron chi connectivity index (χ1n) is 6.29. The third-order valence-corrected chi connectivity index (χ3v) is 2.84. The van der Waals surface area contributed by atoms with E-state index >= 15 is 0 Å². The predicted octanol–water partition coefficient (Wildman–Crippen LogP) is 3.88. The first-order valence-corrected chi connectivity index (χ1v) is 6.66. The van der Waals surface area contributed by atoms with Gasteiger partial charge in [-0.05, 0) is 36.2 Å². The number of anilines is 1. The molecule has 19 heavy (non-hydrogen) atoms. The fourth-order valence-corrected chi connectivity index (χ4v) is 1.92. The Morgan fingerprint density at radius 2 is 2.00 bits per heavy atom. The topological polar surface area (TPSA) is 34.1 Å². The van der Waals surface area contributed by atoms with E-state index in [0.717, 1.165) is 28.5 Å². The van der Waals surface area contributed by atoms with E-state index in [2.05, 4.69) is 10.3 Å². The highest BCUT2D eigenvalue weighted by Crippen LogP contribution is 2.12. The van der Waals surface area contributed by atoms with E-state index in [0.29, 0.717) is 13.2 Å². The molecule has 2 aromatic rings. The highest BCUT2D eigenvalue weighted by molar-refractivity contribution is 6.30. The molecule has 1 aromatic carbocycles. The standard InChI is InChI=1S/C15H17ClN2O/c1-2-17-15-7-6-13(9-18-15)11-19-10-12-4-3-5-14(16)8-12/h3-9H,2,10-11H2,1H3,(H,17,18). The van der Waals surface area contributed by atoms with Crippen molar-refractivity contribution >= 4 is 17.4 Å². The van der Waals surface area contributed by atoms with Gasteiger partial charge in [0.2, 0.25) is 0 Å². The van der Waals surface area contributed by atoms with Crippen LogP contribution in [0.4, 0.5) is 5.82 Å². The summed E-state index contributed by atoms with van der Waals surface area (Å²) >= 11 is 5.92. The maximum absolute atomic E-state index is 5.92. The quantitative estimate of drug-likeness (QED) is 0.869. The number of pyridine rings is 1. The molecule has 1 N–H and O–H groups in total. The number of hydrogen-bond donors (Lipinski definition) is 1. The lowest BCUT2D eigenvalue weighted by Gasteiger charge is -2.06. The number of nitrogens with zero attached hydrogens (tertiary/aromatic N) is 1. The van der Waals surface area contributed by atoms with E-state index in [4.69, 9.17) is 16.3 Å². The second-order valence-corrected chi connectivity index (χ2v) is 4.64. The van der Waals surface area contributed by atoms with E-state index < -0.39 is 0 Å². The number of halogens is 1. The average molecular weight is 277 g/mol. The molecule has 3 nitrogen and oxygen atoms in total. The minimum absolute atomic E-state index is 0.548. The van der Waals surface area contributed by atoms with Gasteiger partial charge >= 0.3 is 0 Å². The van der Waals surface area contributed by atoms with Crippen LogP contribution in [0, 0.1) is 0 Å². The van der Waals surface area contributed by atoms with E-state index in [9.17, 15) is 0 Å². The lowest BCUT2D eigenvalue weighted by Crippen LogP contribution is -2.00. The molecule has 0 unspecified atom stereocenters. The molecule has 1 heterocycles. The Labute approximate surface area is 118 Å². The van der Waals surface area contributed by atoms with Crippen molar-refractivity contribution in [3.05, 3.63) is 58.7 Å². The summed E-state index contributed by atoms with van der Waals surface area (Å²) in [5.74, 6) is 0.890. The van der Waals surface area contributed by atoms with Gasteiger partial charge in [0.05, 0.1) is 13.2 Å². The minimum Gasteiger partial charge on any atom is -0.372 e. The van der Waals surface area contributed by atoms with Crippen molar-refractivity contribution in [2.75, 3.05) is 11.9 Å². The Morgan fingerprint density at radius 3 is 2.68 bits per heavy atom. The van der Waals surface area contributed by atoms with Crippen LogP contribution in [0.3, 0.4) is 0 Å². The molecule has 4 heteroatoms. The summed E-state index contributed by atoms with van der Waals surface area (Å²) in [6, 6.07) is 11.7. The number of aromatic nitrogens is 1. The van der Waals surface area contributed by atoms with Gasteiger partial charge in [-0.25, -0.2) is 4.98 Å². The second-order valence-electron chi connectivity index (χ2n) is 4.20. The van der Waals surface area contributed by atoms with Crippen molar-refractivity contribution in [1.82, 2.24) is 4.98 Å². The van der Waals surface area contributed by atoms with Gasteiger partial charge in [0.25, 0.3) is 0 Å². The van der Waals surface area contributed by atoms with E-state index in [1.807, 2.05) is 49.5 Å². The van der Waals surface area contributed by atoms with Crippen LogP contribution < -0.4 is 5.32 Å². The van der Waals surface area contributed by atoms with Crippen molar-refractivity contribution < 1.29 is 4.74 Å². The van der Waals surface area contributed by atoms with Crippen molar-refractivity contribution in [1.29, 1.82) is 0 Å². The molecule has 0 fully saturated rings. The van der Waals surface area contributed by atoms with Crippen molar-refractivity contribution in [3.8, 4) is 0 Å². The monoisotopic (exact) mass is 276 g/mol. The molecule has 0 amide bonds. The highest BCUT2D eigenvalue weighted by atomic mass is 35.5. The Bertz CT molecular complexity index is 514. The molecule has 0 radical (unpaired) electrons. The Kier molecular flexibility index (Phi) is 5.19. The summed E-state index contributed by atoms with van der Waals surface area (Å²) in [5, 5.41) is 3.89. The summed E-state index contributed by atoms with van der Waals surface area (Å²) in [7, 11) is 0. The van der Waals surface area contributed by atoms with Gasteiger partial charge in [-0.3, -0.25) is 0 Å². The summed E-state index contributed by atoms with van der Waals surface area (Å²) in [5.41, 5.74) is 2.13. The molecule has 0 spiro atoms. The molecular weight excluding hydrogens is 260 g/mol. The van der Waals surface area contributed by atoms with Gasteiger partial charge in [0, 0.05) is 17.8 Å². The number of benzene rings is 1. The molecule has 0 bridgehead atoms. The molecule has 0 aliphatic carbocycles. The first kappa shape index (κ1) is 13.8. The summed E-state index contributed by atoms with van der Waals surface area (Å²) in [6.07, 6.45) is 1.83. The number of ether oxygens (including phenoxy) is 1. The number of rotatable bonds is 6. The largest absolute Gasteiger partial charge is 0.372 e. The first-order chi connectivity index (χ1) is 9.28. The molecule has 0 atom stereocenters. The lowest BCUT2D eigenvalue weighted by atomic mass is 10.2. The molecule has 0 saturated carbocycles. The number of hydrogen-bond acceptors (Lipinski definition) is 3. The zero-order chi connectivity index (χ0) is 13.5. The fraction of sp³-hybridized carbons (Fsp3) is 0.267. The van der Waals surface area contributed by atoms with Crippen LogP contribution in [0.1, 0.15) is 18.1 Å². The smallest absolute Gasteiger partial charge is 0.125 e. The zero-order valence-electron chi connectivity index (χ0n) is 10.9. The van der Waals surface area contributed by atoms with E-state index in [1.54, 1.807) is 0 Å². The predicted molar refractivity (Wildman–Crippen MR) is 78.3 cm³/mol. The van der Waals surface area contributed by atoms with Gasteiger partial charge in [-0.1, -0.05) is 29.8 Å². The van der Waals surface area contributed by atoms with Crippen molar-refractivity contribution in [3.63, 3.8) is 0 Å². The van der Waals surface area contributed by atoms with Crippen molar-refractivity contribution in [2.45, 2.75) is 20.1 Å². The molecule has 2 rings (SSSR count). The Morgan fingerprint density at radius 1 is 1.16 bits per heavy atom. The Balaban J connectivity index is 1.82.